The van der Waals surface area contributed by atoms with Gasteiger partial charge < -0.3 is 139 Å². The van der Waals surface area contributed by atoms with Gasteiger partial charge in [-0.3, -0.25) is 9.35 Å². The van der Waals surface area contributed by atoms with Gasteiger partial charge in [0.25, 0.3) is 0 Å². The molecule has 0 radical (unpaired) electrons. The molecule has 20 unspecified atom stereocenters. The van der Waals surface area contributed by atoms with E-state index in [9.17, 15) is 99.5 Å². The molecule has 0 amide bonds. The minimum Gasteiger partial charge on any atom is -0.394 e. The van der Waals surface area contributed by atoms with Gasteiger partial charge in [-0.1, -0.05) is 39.3 Å². The molecule has 3 saturated carbocycles. The molecule has 0 aromatic rings. The Morgan fingerprint density at radius 2 is 1.08 bits per heavy atom. The SMILES string of the molecule is CC(C)CC(=O)C[C@](C)(O)C1CCC2C3C[C@H](O[C@@H]4OC(C)[C@@H](O)C(O[C@@H]5OC[C@@H](O[C@@H]6OC(CO)[C@@H](O[C@@H]7OC(CO)[C@H](O)C(O)C7O)C(O)C6O[C@@H]6OC(C)[C@H](O)C(O)C6O)C(O)C5O[C@@H]5OC(C)[C@@H](O)C(O)C5O)C4O)[C@H]4C[C@@H](OS(=O)(=O)O)CC[C@]4(C)C3=CC[C@@]21C. The first-order valence-electron chi connectivity index (χ1n) is 33.4. The van der Waals surface area contributed by atoms with Crippen LogP contribution in [0.25, 0.3) is 0 Å². The molecule has 6 heterocycles. The van der Waals surface area contributed by atoms with E-state index in [4.69, 9.17) is 61.0 Å². The summed E-state index contributed by atoms with van der Waals surface area (Å²) < 4.78 is 113. The van der Waals surface area contributed by atoms with Crippen LogP contribution in [0.5, 0.6) is 0 Å². The van der Waals surface area contributed by atoms with Gasteiger partial charge in [-0.2, -0.15) is 8.42 Å². The molecule has 10 rings (SSSR count). The Morgan fingerprint density at radius 1 is 0.573 bits per heavy atom. The Morgan fingerprint density at radius 3 is 1.66 bits per heavy atom. The second kappa shape index (κ2) is 30.1. The highest BCUT2D eigenvalue weighted by molar-refractivity contribution is 7.80. The Kier molecular flexibility index (Phi) is 24.1. The molecule has 9 fully saturated rings. The number of allylic oxidation sites excluding steroid dienone is 2. The minimum atomic E-state index is -4.92. The molecule has 96 heavy (non-hydrogen) atoms. The summed E-state index contributed by atoms with van der Waals surface area (Å²) in [5.41, 5.74) is -1.38. The molecule has 4 aliphatic carbocycles. The Labute approximate surface area is 555 Å². The van der Waals surface area contributed by atoms with Crippen LogP contribution in [0.15, 0.2) is 11.6 Å². The lowest BCUT2D eigenvalue weighted by Gasteiger charge is -2.60. The molecule has 0 aromatic heterocycles. The third-order valence-electron chi connectivity index (χ3n) is 22.4. The molecule has 10 aliphatic rings. The number of Topliss-reactive ketones (excluding diaryl/α,β-unsaturated/α-hetero) is 1. The molecule has 6 aliphatic heterocycles. The highest BCUT2D eigenvalue weighted by Gasteiger charge is 2.64. The quantitative estimate of drug-likeness (QED) is 0.0379. The second-order valence-electron chi connectivity index (χ2n) is 29.5. The van der Waals surface area contributed by atoms with Crippen molar-refractivity contribution in [3.8, 4) is 0 Å². The van der Waals surface area contributed by atoms with E-state index in [1.54, 1.807) is 6.92 Å². The Bertz CT molecular complexity index is 2750. The number of ketones is 1. The first-order valence-corrected chi connectivity index (χ1v) is 34.8. The predicted octanol–water partition coefficient (Wildman–Crippen LogP) is -4.85. The molecular formula is C62H102O33S. The van der Waals surface area contributed by atoms with Gasteiger partial charge in [0.2, 0.25) is 0 Å². The number of carbonyl (C=O) groups is 1. The zero-order valence-corrected chi connectivity index (χ0v) is 55.7. The van der Waals surface area contributed by atoms with Gasteiger partial charge in [-0.15, -0.1) is 0 Å². The van der Waals surface area contributed by atoms with Crippen LogP contribution in [0.3, 0.4) is 0 Å². The monoisotopic (exact) mass is 1410 g/mol. The van der Waals surface area contributed by atoms with Crippen LogP contribution in [-0.4, -0.2) is 316 Å². The smallest absolute Gasteiger partial charge is 0.394 e. The summed E-state index contributed by atoms with van der Waals surface area (Å²) in [7, 11) is -4.92. The van der Waals surface area contributed by atoms with Gasteiger partial charge in [0.05, 0.1) is 55.9 Å². The summed E-state index contributed by atoms with van der Waals surface area (Å²) in [5, 5.41) is 179. The molecule has 34 heteroatoms. The van der Waals surface area contributed by atoms with Gasteiger partial charge in [0, 0.05) is 12.8 Å². The molecular weight excluding hydrogens is 1300 g/mol. The predicted molar refractivity (Wildman–Crippen MR) is 318 cm³/mol. The molecule has 0 spiro atoms. The number of fused-ring (bicyclic) bond motifs is 5. The molecule has 0 bridgehead atoms. The van der Waals surface area contributed by atoms with Crippen molar-refractivity contribution in [3.63, 3.8) is 0 Å². The van der Waals surface area contributed by atoms with Crippen LogP contribution in [0.1, 0.15) is 113 Å². The summed E-state index contributed by atoms with van der Waals surface area (Å²) in [6, 6.07) is 0. The number of hydrogen-bond acceptors (Lipinski definition) is 32. The molecule has 0 aromatic carbocycles. The minimum absolute atomic E-state index is 0.0115. The van der Waals surface area contributed by atoms with Gasteiger partial charge in [0.1, 0.15) is 128 Å². The van der Waals surface area contributed by atoms with Crippen LogP contribution in [0.2, 0.25) is 0 Å². The third kappa shape index (κ3) is 15.2. The molecule has 6 saturated heterocycles. The van der Waals surface area contributed by atoms with Crippen molar-refractivity contribution < 1.29 is 160 Å². The lowest BCUT2D eigenvalue weighted by molar-refractivity contribution is -0.406. The van der Waals surface area contributed by atoms with E-state index >= 15 is 0 Å². The van der Waals surface area contributed by atoms with Crippen LogP contribution in [-0.2, 0) is 76.2 Å². The second-order valence-corrected chi connectivity index (χ2v) is 30.5. The van der Waals surface area contributed by atoms with E-state index in [0.29, 0.717) is 32.1 Å². The summed E-state index contributed by atoms with van der Waals surface area (Å²) in [6.07, 6.45) is -49.1. The lowest BCUT2D eigenvalue weighted by atomic mass is 9.47. The zero-order chi connectivity index (χ0) is 70.3. The van der Waals surface area contributed by atoms with Gasteiger partial charge in [0.15, 0.2) is 37.7 Å². The molecule has 33 nitrogen and oxygen atoms in total. The number of carbonyl (C=O) groups excluding carboxylic acids is 1. The zero-order valence-electron chi connectivity index (χ0n) is 54.9. The van der Waals surface area contributed by atoms with Crippen molar-refractivity contribution in [3.05, 3.63) is 11.6 Å². The van der Waals surface area contributed by atoms with Crippen molar-refractivity contribution in [1.29, 1.82) is 0 Å². The summed E-state index contributed by atoms with van der Waals surface area (Å²) in [5.74, 6) is -0.972. The highest BCUT2D eigenvalue weighted by atomic mass is 32.3. The normalized spacial score (nSPS) is 51.6. The number of rotatable bonds is 21. The fourth-order valence-electron chi connectivity index (χ4n) is 17.3. The van der Waals surface area contributed by atoms with E-state index in [2.05, 4.69) is 19.9 Å². The van der Waals surface area contributed by atoms with Crippen molar-refractivity contribution in [2.45, 2.75) is 309 Å². The Hall–Kier alpha value is -1.84. The van der Waals surface area contributed by atoms with Gasteiger partial charge >= 0.3 is 10.4 Å². The number of ether oxygens (including phenoxy) is 12. The summed E-state index contributed by atoms with van der Waals surface area (Å²) in [4.78, 5) is 13.3. The molecule has 554 valence electrons. The summed E-state index contributed by atoms with van der Waals surface area (Å²) >= 11 is 0. The van der Waals surface area contributed by atoms with Gasteiger partial charge in [-0.05, 0) is 113 Å². The number of aliphatic hydroxyl groups is 16. The number of hydrogen-bond donors (Lipinski definition) is 17. The van der Waals surface area contributed by atoms with Crippen LogP contribution >= 0.6 is 0 Å². The van der Waals surface area contributed by atoms with Gasteiger partial charge in [-0.25, -0.2) is 4.18 Å². The van der Waals surface area contributed by atoms with Crippen molar-refractivity contribution in [2.75, 3.05) is 19.8 Å². The maximum Gasteiger partial charge on any atom is 0.397 e. The number of aliphatic hydroxyl groups excluding tert-OH is 15. The topological polar surface area (TPSA) is 515 Å². The van der Waals surface area contributed by atoms with E-state index in [1.165, 1.54) is 20.8 Å². The average molecular weight is 1410 g/mol. The standard InChI is InChI=1S/C62H102O33S/c1-22(2)15-26(65)18-62(8,79)36-10-9-29-28-17-32(31-16-27(95-96(80,81)82)11-13-60(31,6)30(28)12-14-61(29,36)7)87-57-49(78)51(39(68)25(5)86-57)92-58-52(93-54-45(74)42(71)37(66)23(3)84-54)41(70)35(21-83-58)90-59-53(94-55-46(75)43(72)38(67)24(4)85-55)48(77)50(34(20-64)89-59)91-56-47(76)44(73)40(69)33(19-63)88-56/h12,22-25,27-29,31-59,63-64,66-79H,9-11,13-21H2,1-8H3,(H,80,81,82)/t23?,24?,25?,27-,28?,29?,31+,32-,33?,34?,35+,36?,37+,38-,39+,40-,41?,42?,43?,44?,45?,46?,47?,48?,49?,50+,51?,52?,53?,54-,55-,56-,57-,58-,59-,60+,61-,62-/m0/s1. The van der Waals surface area contributed by atoms with E-state index in [0.717, 1.165) is 5.57 Å². The molecule has 17 N–H and O–H groups in total. The van der Waals surface area contributed by atoms with Crippen molar-refractivity contribution in [2.24, 2.45) is 40.4 Å². The first kappa shape index (κ1) is 76.8. The third-order valence-corrected chi connectivity index (χ3v) is 22.9. The van der Waals surface area contributed by atoms with E-state index in [-0.39, 0.29) is 55.1 Å². The molecule has 38 atom stereocenters. The van der Waals surface area contributed by atoms with Crippen molar-refractivity contribution in [1.82, 2.24) is 0 Å². The summed E-state index contributed by atoms with van der Waals surface area (Å²) in [6.45, 7) is 11.3. The largest absolute Gasteiger partial charge is 0.397 e. The van der Waals surface area contributed by atoms with Crippen LogP contribution in [0, 0.1) is 40.4 Å². The Balaban J connectivity index is 0.926. The van der Waals surface area contributed by atoms with Crippen molar-refractivity contribution >= 4 is 16.2 Å². The average Bonchev–Trinajstić information content (AvgIpc) is 1.33. The maximum atomic E-state index is 13.3. The van der Waals surface area contributed by atoms with Crippen LogP contribution < -0.4 is 0 Å². The van der Waals surface area contributed by atoms with E-state index in [1.807, 2.05) is 13.8 Å². The fraction of sp³-hybridized carbons (Fsp3) is 0.952. The van der Waals surface area contributed by atoms with E-state index < -0.39 is 243 Å². The lowest BCUT2D eigenvalue weighted by Crippen LogP contribution is -2.68. The van der Waals surface area contributed by atoms with Crippen LogP contribution in [0.4, 0.5) is 0 Å². The fourth-order valence-corrected chi connectivity index (χ4v) is 17.8. The maximum absolute atomic E-state index is 13.3. The highest BCUT2D eigenvalue weighted by Crippen LogP contribution is 2.67. The first-order chi connectivity index (χ1) is 44.9.